The lowest BCUT2D eigenvalue weighted by Crippen LogP contribution is -2.56. The smallest absolute Gasteiger partial charge is 0.255 e. The molecule has 5 nitrogen and oxygen atoms in total. The van der Waals surface area contributed by atoms with Gasteiger partial charge in [-0.3, -0.25) is 14.7 Å². The fourth-order valence-electron chi connectivity index (χ4n) is 3.07. The number of carbonyl (C=O) groups is 1. The van der Waals surface area contributed by atoms with E-state index in [1.54, 1.807) is 0 Å². The SMILES string of the molecule is O=C(c1cncc(O)c1)N1CCN2CCCC[C@H]2C1. The molecular weight excluding hydrogens is 242 g/mol. The maximum atomic E-state index is 12.4. The Hall–Kier alpha value is -1.62. The molecule has 0 aliphatic carbocycles. The number of hydrogen-bond acceptors (Lipinski definition) is 4. The average molecular weight is 261 g/mol. The Labute approximate surface area is 112 Å². The summed E-state index contributed by atoms with van der Waals surface area (Å²) < 4.78 is 0. The molecule has 1 N–H and O–H groups in total. The van der Waals surface area contributed by atoms with Gasteiger partial charge in [0.2, 0.25) is 0 Å². The van der Waals surface area contributed by atoms with Crippen LogP contribution in [-0.4, -0.2) is 58.0 Å². The van der Waals surface area contributed by atoms with Crippen LogP contribution in [0.4, 0.5) is 0 Å². The van der Waals surface area contributed by atoms with Crippen LogP contribution >= 0.6 is 0 Å². The monoisotopic (exact) mass is 261 g/mol. The lowest BCUT2D eigenvalue weighted by atomic mass is 9.99. The molecule has 1 aromatic heterocycles. The zero-order valence-corrected chi connectivity index (χ0v) is 11.0. The fraction of sp³-hybridized carbons (Fsp3) is 0.571. The second-order valence-corrected chi connectivity index (χ2v) is 5.37. The molecule has 0 radical (unpaired) electrons. The minimum Gasteiger partial charge on any atom is -0.506 e. The molecule has 0 spiro atoms. The first-order chi connectivity index (χ1) is 9.24. The highest BCUT2D eigenvalue weighted by Crippen LogP contribution is 2.22. The van der Waals surface area contributed by atoms with Crippen molar-refractivity contribution < 1.29 is 9.90 Å². The van der Waals surface area contributed by atoms with Gasteiger partial charge in [-0.25, -0.2) is 0 Å². The molecule has 1 atom stereocenters. The van der Waals surface area contributed by atoms with E-state index in [0.29, 0.717) is 11.6 Å². The Morgan fingerprint density at radius 2 is 2.16 bits per heavy atom. The van der Waals surface area contributed by atoms with Crippen molar-refractivity contribution in [1.29, 1.82) is 0 Å². The van der Waals surface area contributed by atoms with E-state index in [9.17, 15) is 9.90 Å². The lowest BCUT2D eigenvalue weighted by Gasteiger charge is -2.44. The maximum Gasteiger partial charge on any atom is 0.255 e. The van der Waals surface area contributed by atoms with Crippen molar-refractivity contribution in [2.45, 2.75) is 25.3 Å². The molecule has 0 saturated carbocycles. The summed E-state index contributed by atoms with van der Waals surface area (Å²) in [6, 6.07) is 2.00. The van der Waals surface area contributed by atoms with E-state index in [1.807, 2.05) is 4.90 Å². The third-order valence-corrected chi connectivity index (χ3v) is 4.10. The largest absolute Gasteiger partial charge is 0.506 e. The van der Waals surface area contributed by atoms with Gasteiger partial charge in [-0.2, -0.15) is 0 Å². The van der Waals surface area contributed by atoms with Crippen LogP contribution in [0.3, 0.4) is 0 Å². The quantitative estimate of drug-likeness (QED) is 0.822. The molecule has 3 heterocycles. The third kappa shape index (κ3) is 2.56. The van der Waals surface area contributed by atoms with Crippen molar-refractivity contribution in [3.63, 3.8) is 0 Å². The number of piperidine rings is 1. The summed E-state index contributed by atoms with van der Waals surface area (Å²) >= 11 is 0. The zero-order valence-electron chi connectivity index (χ0n) is 11.0. The summed E-state index contributed by atoms with van der Waals surface area (Å²) in [6.07, 6.45) is 6.59. The second kappa shape index (κ2) is 5.17. The molecule has 0 unspecified atom stereocenters. The van der Waals surface area contributed by atoms with Crippen molar-refractivity contribution in [3.05, 3.63) is 24.0 Å². The molecule has 2 saturated heterocycles. The van der Waals surface area contributed by atoms with Crippen molar-refractivity contribution in [1.82, 2.24) is 14.8 Å². The van der Waals surface area contributed by atoms with Crippen LogP contribution < -0.4 is 0 Å². The highest BCUT2D eigenvalue weighted by atomic mass is 16.3. The summed E-state index contributed by atoms with van der Waals surface area (Å²) in [4.78, 5) is 20.6. The number of hydrogen-bond donors (Lipinski definition) is 1. The summed E-state index contributed by atoms with van der Waals surface area (Å²) in [5.41, 5.74) is 0.476. The van der Waals surface area contributed by atoms with E-state index >= 15 is 0 Å². The molecule has 1 aromatic rings. The number of fused-ring (bicyclic) bond motifs is 1. The molecule has 19 heavy (non-hydrogen) atoms. The highest BCUT2D eigenvalue weighted by molar-refractivity contribution is 5.94. The molecule has 2 fully saturated rings. The highest BCUT2D eigenvalue weighted by Gasteiger charge is 2.31. The van der Waals surface area contributed by atoms with E-state index in [0.717, 1.165) is 19.6 Å². The van der Waals surface area contributed by atoms with Gasteiger partial charge in [0.1, 0.15) is 5.75 Å². The summed E-state index contributed by atoms with van der Waals surface area (Å²) in [6.45, 7) is 3.70. The summed E-state index contributed by atoms with van der Waals surface area (Å²) in [5, 5.41) is 9.41. The van der Waals surface area contributed by atoms with Crippen LogP contribution in [-0.2, 0) is 0 Å². The zero-order chi connectivity index (χ0) is 13.2. The van der Waals surface area contributed by atoms with E-state index in [-0.39, 0.29) is 11.7 Å². The molecule has 3 rings (SSSR count). The second-order valence-electron chi connectivity index (χ2n) is 5.37. The van der Waals surface area contributed by atoms with Crippen LogP contribution in [0, 0.1) is 0 Å². The predicted octanol–water partition coefficient (Wildman–Crippen LogP) is 1.10. The van der Waals surface area contributed by atoms with E-state index in [2.05, 4.69) is 9.88 Å². The Kier molecular flexibility index (Phi) is 3.38. The van der Waals surface area contributed by atoms with Gasteiger partial charge in [0, 0.05) is 31.9 Å². The van der Waals surface area contributed by atoms with Gasteiger partial charge in [0.25, 0.3) is 5.91 Å². The first-order valence-electron chi connectivity index (χ1n) is 6.91. The normalized spacial score (nSPS) is 24.0. The molecule has 102 valence electrons. The summed E-state index contributed by atoms with van der Waals surface area (Å²) in [7, 11) is 0. The van der Waals surface area contributed by atoms with Gasteiger partial charge < -0.3 is 10.0 Å². The van der Waals surface area contributed by atoms with Crippen molar-refractivity contribution in [2.75, 3.05) is 26.2 Å². The van der Waals surface area contributed by atoms with Gasteiger partial charge >= 0.3 is 0 Å². The maximum absolute atomic E-state index is 12.4. The van der Waals surface area contributed by atoms with Crippen LogP contribution in [0.1, 0.15) is 29.6 Å². The summed E-state index contributed by atoms with van der Waals surface area (Å²) in [5.74, 6) is 0.0239. The lowest BCUT2D eigenvalue weighted by molar-refractivity contribution is 0.0372. The third-order valence-electron chi connectivity index (χ3n) is 4.10. The van der Waals surface area contributed by atoms with Crippen molar-refractivity contribution in [3.8, 4) is 5.75 Å². The Morgan fingerprint density at radius 1 is 1.26 bits per heavy atom. The van der Waals surface area contributed by atoms with Crippen molar-refractivity contribution in [2.24, 2.45) is 0 Å². The number of rotatable bonds is 1. The standard InChI is InChI=1S/C14H19N3O2/c18-13-7-11(8-15-9-13)14(19)17-6-5-16-4-2-1-3-12(16)10-17/h7-9,12,18H,1-6,10H2/t12-/m0/s1. The first-order valence-corrected chi connectivity index (χ1v) is 6.91. The number of aromatic hydroxyl groups is 1. The molecule has 0 aromatic carbocycles. The van der Waals surface area contributed by atoms with Gasteiger partial charge in [0.05, 0.1) is 11.8 Å². The number of amides is 1. The average Bonchev–Trinajstić information content (AvgIpc) is 2.46. The number of nitrogens with zero attached hydrogens (tertiary/aromatic N) is 3. The van der Waals surface area contributed by atoms with E-state index < -0.39 is 0 Å². The van der Waals surface area contributed by atoms with Crippen LogP contribution in [0.2, 0.25) is 0 Å². The van der Waals surface area contributed by atoms with Crippen LogP contribution in [0.15, 0.2) is 18.5 Å². The molecule has 0 bridgehead atoms. The molecule has 5 heteroatoms. The van der Waals surface area contributed by atoms with Crippen LogP contribution in [0.5, 0.6) is 5.75 Å². The van der Waals surface area contributed by atoms with Gasteiger partial charge in [-0.05, 0) is 25.5 Å². The minimum atomic E-state index is -0.0198. The molecule has 2 aliphatic rings. The number of carbonyl (C=O) groups excluding carboxylic acids is 1. The predicted molar refractivity (Wildman–Crippen MR) is 71.0 cm³/mol. The van der Waals surface area contributed by atoms with Gasteiger partial charge in [-0.15, -0.1) is 0 Å². The van der Waals surface area contributed by atoms with Gasteiger partial charge in [-0.1, -0.05) is 6.42 Å². The fourth-order valence-corrected chi connectivity index (χ4v) is 3.07. The van der Waals surface area contributed by atoms with E-state index in [4.69, 9.17) is 0 Å². The van der Waals surface area contributed by atoms with Crippen molar-refractivity contribution >= 4 is 5.91 Å². The first kappa shape index (κ1) is 12.4. The number of aromatic nitrogens is 1. The number of pyridine rings is 1. The molecule has 2 aliphatic heterocycles. The number of piperazine rings is 1. The minimum absolute atomic E-state index is 0.0198. The Bertz CT molecular complexity index is 478. The van der Waals surface area contributed by atoms with E-state index in [1.165, 1.54) is 44.3 Å². The Morgan fingerprint density at radius 3 is 3.00 bits per heavy atom. The molecule has 1 amide bonds. The van der Waals surface area contributed by atoms with Gasteiger partial charge in [0.15, 0.2) is 0 Å². The Balaban J connectivity index is 1.71. The molecular formula is C14H19N3O2. The van der Waals surface area contributed by atoms with Crippen LogP contribution in [0.25, 0.3) is 0 Å². The topological polar surface area (TPSA) is 56.7 Å².